The highest BCUT2D eigenvalue weighted by Gasteiger charge is 2.17. The second-order valence-corrected chi connectivity index (χ2v) is 4.55. The van der Waals surface area contributed by atoms with Crippen LogP contribution in [0.1, 0.15) is 0 Å². The summed E-state index contributed by atoms with van der Waals surface area (Å²) >= 11 is 3.32. The molecule has 17 heavy (non-hydrogen) atoms. The third kappa shape index (κ3) is 2.17. The minimum Gasteiger partial charge on any atom is -0.360 e. The van der Waals surface area contributed by atoms with Crippen LogP contribution in [0.4, 0.5) is 14.6 Å². The average Bonchev–Trinajstić information content (AvgIpc) is 2.64. The van der Waals surface area contributed by atoms with Gasteiger partial charge in [0.15, 0.2) is 5.82 Å². The van der Waals surface area contributed by atoms with E-state index in [2.05, 4.69) is 26.1 Å². The minimum absolute atomic E-state index is 0.150. The van der Waals surface area contributed by atoms with Gasteiger partial charge in [-0.25, -0.2) is 8.78 Å². The van der Waals surface area contributed by atoms with Crippen molar-refractivity contribution in [2.45, 2.75) is 0 Å². The number of hydrogen-bond acceptors (Lipinski definition) is 2. The Labute approximate surface area is 106 Å². The standard InChI is InChI=1S/C11H10BrF2N3/c1-17(2)11-9(12)10(15-16-11)7-5-6(13)3-4-8(7)14/h3-5H,1-2H3,(H,15,16). The summed E-state index contributed by atoms with van der Waals surface area (Å²) in [5, 5.41) is 6.72. The van der Waals surface area contributed by atoms with Crippen molar-refractivity contribution in [1.29, 1.82) is 0 Å². The van der Waals surface area contributed by atoms with Gasteiger partial charge in [0, 0.05) is 19.7 Å². The fourth-order valence-electron chi connectivity index (χ4n) is 1.48. The second-order valence-electron chi connectivity index (χ2n) is 3.75. The summed E-state index contributed by atoms with van der Waals surface area (Å²) in [5.74, 6) is -0.362. The van der Waals surface area contributed by atoms with Crippen LogP contribution in [0.15, 0.2) is 22.7 Å². The van der Waals surface area contributed by atoms with Gasteiger partial charge in [0.1, 0.15) is 11.6 Å². The molecule has 0 radical (unpaired) electrons. The molecule has 0 aliphatic rings. The summed E-state index contributed by atoms with van der Waals surface area (Å²) in [6.07, 6.45) is 0. The fraction of sp³-hybridized carbons (Fsp3) is 0.182. The highest BCUT2D eigenvalue weighted by atomic mass is 79.9. The third-order valence-electron chi connectivity index (χ3n) is 2.31. The van der Waals surface area contributed by atoms with Gasteiger partial charge in [-0.2, -0.15) is 5.10 Å². The Kier molecular flexibility index (Phi) is 3.15. The van der Waals surface area contributed by atoms with E-state index >= 15 is 0 Å². The summed E-state index contributed by atoms with van der Waals surface area (Å²) < 4.78 is 27.3. The lowest BCUT2D eigenvalue weighted by molar-refractivity contribution is 0.602. The SMILES string of the molecule is CN(C)c1n[nH]c(-c2cc(F)ccc2F)c1Br. The van der Waals surface area contributed by atoms with Crippen LogP contribution < -0.4 is 4.90 Å². The smallest absolute Gasteiger partial charge is 0.164 e. The first kappa shape index (κ1) is 12.0. The molecule has 3 nitrogen and oxygen atoms in total. The van der Waals surface area contributed by atoms with Crippen molar-refractivity contribution in [1.82, 2.24) is 10.2 Å². The van der Waals surface area contributed by atoms with Crippen LogP contribution >= 0.6 is 15.9 Å². The van der Waals surface area contributed by atoms with Gasteiger partial charge in [0.2, 0.25) is 0 Å². The summed E-state index contributed by atoms with van der Waals surface area (Å²) in [6, 6.07) is 3.30. The topological polar surface area (TPSA) is 31.9 Å². The molecule has 0 spiro atoms. The van der Waals surface area contributed by atoms with E-state index in [0.29, 0.717) is 16.0 Å². The Balaban J connectivity index is 2.57. The summed E-state index contributed by atoms with van der Waals surface area (Å²) in [7, 11) is 3.62. The Morgan fingerprint density at radius 3 is 2.59 bits per heavy atom. The molecule has 0 saturated heterocycles. The summed E-state index contributed by atoms with van der Waals surface area (Å²) in [4.78, 5) is 1.77. The fourth-order valence-corrected chi connectivity index (χ4v) is 2.23. The number of nitrogens with one attached hydrogen (secondary N) is 1. The normalized spacial score (nSPS) is 10.6. The van der Waals surface area contributed by atoms with Crippen molar-refractivity contribution < 1.29 is 8.78 Å². The van der Waals surface area contributed by atoms with Crippen LogP contribution in [0.25, 0.3) is 11.3 Å². The molecule has 6 heteroatoms. The number of aromatic amines is 1. The van der Waals surface area contributed by atoms with Gasteiger partial charge >= 0.3 is 0 Å². The first-order valence-corrected chi connectivity index (χ1v) is 5.66. The molecule has 90 valence electrons. The average molecular weight is 302 g/mol. The highest BCUT2D eigenvalue weighted by Crippen LogP contribution is 2.34. The molecule has 0 fully saturated rings. The summed E-state index contributed by atoms with van der Waals surface area (Å²) in [6.45, 7) is 0. The molecule has 0 unspecified atom stereocenters. The highest BCUT2D eigenvalue weighted by molar-refractivity contribution is 9.10. The van der Waals surface area contributed by atoms with E-state index < -0.39 is 11.6 Å². The Bertz CT molecular complexity index is 552. The van der Waals surface area contributed by atoms with E-state index in [0.717, 1.165) is 18.2 Å². The Morgan fingerprint density at radius 1 is 1.29 bits per heavy atom. The van der Waals surface area contributed by atoms with E-state index in [1.54, 1.807) is 4.90 Å². The van der Waals surface area contributed by atoms with Gasteiger partial charge in [-0.3, -0.25) is 5.10 Å². The van der Waals surface area contributed by atoms with Crippen LogP contribution in [0.3, 0.4) is 0 Å². The predicted molar refractivity (Wildman–Crippen MR) is 66.0 cm³/mol. The van der Waals surface area contributed by atoms with Crippen molar-refractivity contribution in [2.75, 3.05) is 19.0 Å². The van der Waals surface area contributed by atoms with E-state index in [9.17, 15) is 8.78 Å². The number of nitrogens with zero attached hydrogens (tertiary/aromatic N) is 2. The number of H-pyrrole nitrogens is 1. The lowest BCUT2D eigenvalue weighted by atomic mass is 10.1. The van der Waals surface area contributed by atoms with Crippen LogP contribution in [0.5, 0.6) is 0 Å². The van der Waals surface area contributed by atoms with E-state index in [1.165, 1.54) is 0 Å². The molecule has 0 amide bonds. The van der Waals surface area contributed by atoms with Crippen molar-refractivity contribution in [2.24, 2.45) is 0 Å². The first-order valence-electron chi connectivity index (χ1n) is 4.87. The molecular formula is C11H10BrF2N3. The monoisotopic (exact) mass is 301 g/mol. The van der Waals surface area contributed by atoms with Crippen LogP contribution in [-0.4, -0.2) is 24.3 Å². The quantitative estimate of drug-likeness (QED) is 0.924. The maximum absolute atomic E-state index is 13.6. The van der Waals surface area contributed by atoms with Crippen LogP contribution in [0, 0.1) is 11.6 Å². The molecule has 1 aromatic heterocycles. The lowest BCUT2D eigenvalue weighted by Crippen LogP contribution is -2.09. The number of aromatic nitrogens is 2. The number of rotatable bonds is 2. The zero-order chi connectivity index (χ0) is 12.6. The van der Waals surface area contributed by atoms with Gasteiger partial charge in [-0.15, -0.1) is 0 Å². The number of anilines is 1. The van der Waals surface area contributed by atoms with E-state index in [-0.39, 0.29) is 5.56 Å². The molecule has 1 N–H and O–H groups in total. The lowest BCUT2D eigenvalue weighted by Gasteiger charge is -2.08. The Morgan fingerprint density at radius 2 is 2.00 bits per heavy atom. The van der Waals surface area contributed by atoms with E-state index in [1.807, 2.05) is 14.1 Å². The minimum atomic E-state index is -0.499. The Hall–Kier alpha value is -1.43. The van der Waals surface area contributed by atoms with Gasteiger partial charge in [0.25, 0.3) is 0 Å². The molecular weight excluding hydrogens is 292 g/mol. The van der Waals surface area contributed by atoms with Crippen molar-refractivity contribution in [3.63, 3.8) is 0 Å². The molecule has 0 saturated carbocycles. The maximum atomic E-state index is 13.6. The second kappa shape index (κ2) is 4.44. The number of halogens is 3. The van der Waals surface area contributed by atoms with Gasteiger partial charge in [0.05, 0.1) is 10.2 Å². The predicted octanol–water partition coefficient (Wildman–Crippen LogP) is 3.18. The molecule has 1 aromatic carbocycles. The third-order valence-corrected chi connectivity index (χ3v) is 3.06. The summed E-state index contributed by atoms with van der Waals surface area (Å²) in [5.41, 5.74) is 0.572. The van der Waals surface area contributed by atoms with Gasteiger partial charge in [-0.1, -0.05) is 0 Å². The molecule has 2 rings (SSSR count). The molecule has 0 aliphatic carbocycles. The molecule has 0 aliphatic heterocycles. The largest absolute Gasteiger partial charge is 0.360 e. The number of benzene rings is 1. The molecule has 2 aromatic rings. The van der Waals surface area contributed by atoms with Crippen molar-refractivity contribution >= 4 is 21.7 Å². The molecule has 1 heterocycles. The zero-order valence-corrected chi connectivity index (χ0v) is 10.8. The van der Waals surface area contributed by atoms with Crippen LogP contribution in [-0.2, 0) is 0 Å². The number of hydrogen-bond donors (Lipinski definition) is 1. The van der Waals surface area contributed by atoms with Crippen molar-refractivity contribution in [3.05, 3.63) is 34.3 Å². The van der Waals surface area contributed by atoms with Gasteiger partial charge in [-0.05, 0) is 34.1 Å². The van der Waals surface area contributed by atoms with E-state index in [4.69, 9.17) is 0 Å². The molecule has 0 bridgehead atoms. The van der Waals surface area contributed by atoms with Crippen LogP contribution in [0.2, 0.25) is 0 Å². The first-order chi connectivity index (χ1) is 8.00. The van der Waals surface area contributed by atoms with Gasteiger partial charge < -0.3 is 4.90 Å². The molecule has 0 atom stereocenters. The zero-order valence-electron chi connectivity index (χ0n) is 9.26. The van der Waals surface area contributed by atoms with Crippen molar-refractivity contribution in [3.8, 4) is 11.3 Å². The maximum Gasteiger partial charge on any atom is 0.164 e.